The molecule has 6 heteroatoms. The average molecular weight is 797 g/mol. The number of benzene rings is 7. The van der Waals surface area contributed by atoms with Gasteiger partial charge >= 0.3 is 6.85 Å². The third-order valence-corrected chi connectivity index (χ3v) is 19.7. The van der Waals surface area contributed by atoms with Crippen molar-refractivity contribution in [1.29, 1.82) is 0 Å². The van der Waals surface area contributed by atoms with Crippen LogP contribution in [0.2, 0.25) is 13.1 Å². The summed E-state index contributed by atoms with van der Waals surface area (Å²) in [7, 11) is -2.10. The molecule has 9 aromatic rings. The Bertz CT molecular complexity index is 3370. The molecule has 0 unspecified atom stereocenters. The van der Waals surface area contributed by atoms with Gasteiger partial charge in [-0.15, -0.1) is 11.3 Å². The zero-order chi connectivity index (χ0) is 39.9. The summed E-state index contributed by atoms with van der Waals surface area (Å²) in [6, 6.07) is 46.6. The molecular formula is C53H45BN2OSSi. The molecule has 3 nitrogen and oxygen atoms in total. The molecule has 4 aliphatic rings. The normalized spacial score (nSPS) is 17.6. The summed E-state index contributed by atoms with van der Waals surface area (Å²) in [5.74, 6) is 0. The number of anilines is 5. The van der Waals surface area contributed by atoms with Crippen LogP contribution in [0.1, 0.15) is 57.2 Å². The molecule has 0 spiro atoms. The van der Waals surface area contributed by atoms with Gasteiger partial charge in [0.15, 0.2) is 0 Å². The lowest BCUT2D eigenvalue weighted by Gasteiger charge is -2.51. The molecule has 2 aromatic heterocycles. The molecule has 1 aliphatic carbocycles. The third-order valence-electron chi connectivity index (χ3n) is 15.0. The lowest BCUT2D eigenvalue weighted by molar-refractivity contribution is 0.332. The molecule has 0 saturated carbocycles. The van der Waals surface area contributed by atoms with Gasteiger partial charge in [0.1, 0.15) is 19.2 Å². The van der Waals surface area contributed by atoms with E-state index in [2.05, 4.69) is 179 Å². The van der Waals surface area contributed by atoms with Crippen molar-refractivity contribution in [2.75, 3.05) is 9.71 Å². The van der Waals surface area contributed by atoms with Crippen LogP contribution in [0.3, 0.4) is 0 Å². The van der Waals surface area contributed by atoms with E-state index in [9.17, 15) is 0 Å². The number of aryl methyl sites for hydroxylation is 1. The smallest absolute Gasteiger partial charge is 0.337 e. The Morgan fingerprint density at radius 1 is 0.627 bits per heavy atom. The summed E-state index contributed by atoms with van der Waals surface area (Å²) in [5, 5.41) is 8.02. The highest BCUT2D eigenvalue weighted by Gasteiger charge is 2.52. The van der Waals surface area contributed by atoms with Gasteiger partial charge in [0, 0.05) is 76.0 Å². The maximum absolute atomic E-state index is 7.18. The third kappa shape index (κ3) is 4.24. The fourth-order valence-corrected chi connectivity index (χ4v) is 16.1. The minimum absolute atomic E-state index is 0.0631. The van der Waals surface area contributed by atoms with Crippen molar-refractivity contribution in [3.05, 3.63) is 138 Å². The Morgan fingerprint density at radius 3 is 2.17 bits per heavy atom. The van der Waals surface area contributed by atoms with Crippen molar-refractivity contribution in [1.82, 2.24) is 0 Å². The van der Waals surface area contributed by atoms with E-state index in [4.69, 9.17) is 4.42 Å². The second-order valence-corrected chi connectivity index (χ2v) is 24.9. The van der Waals surface area contributed by atoms with Gasteiger partial charge in [-0.1, -0.05) is 120 Å². The Hall–Kier alpha value is -5.56. The van der Waals surface area contributed by atoms with Gasteiger partial charge in [0.2, 0.25) is 0 Å². The molecule has 0 atom stereocenters. The number of fused-ring (bicyclic) bond motifs is 15. The van der Waals surface area contributed by atoms with Crippen molar-refractivity contribution in [2.45, 2.75) is 71.4 Å². The van der Waals surface area contributed by atoms with Crippen molar-refractivity contribution in [3.8, 4) is 11.1 Å². The number of thiophene rings is 1. The van der Waals surface area contributed by atoms with E-state index in [0.717, 1.165) is 11.2 Å². The van der Waals surface area contributed by atoms with Gasteiger partial charge in [-0.3, -0.25) is 0 Å². The van der Waals surface area contributed by atoms with Gasteiger partial charge in [-0.2, -0.15) is 0 Å². The quantitative estimate of drug-likeness (QED) is 0.154. The molecule has 13 rings (SSSR count). The Morgan fingerprint density at radius 2 is 1.34 bits per heavy atom. The highest BCUT2D eigenvalue weighted by Crippen LogP contribution is 2.55. The highest BCUT2D eigenvalue weighted by atomic mass is 32.1. The second kappa shape index (κ2) is 11.2. The Kier molecular flexibility index (Phi) is 6.50. The average Bonchev–Trinajstić information content (AvgIpc) is 3.80. The SMILES string of the molecule is Cc1cc2c(cc1N1c3cc4c(sc5ccccc54)c4c3B(c3c1ccc1c3oc3ccccc31)N1c3ccccc3[Si](C)(C)c3cccc-4c31)C(C)(C)CCC2(C)C. The fourth-order valence-electron chi connectivity index (χ4n) is 11.8. The van der Waals surface area contributed by atoms with Crippen molar-refractivity contribution < 1.29 is 4.42 Å². The Balaban J connectivity index is 1.25. The van der Waals surface area contributed by atoms with Crippen LogP contribution in [-0.2, 0) is 10.8 Å². The van der Waals surface area contributed by atoms with Crippen LogP contribution in [0.5, 0.6) is 0 Å². The van der Waals surface area contributed by atoms with Crippen molar-refractivity contribution in [2.24, 2.45) is 0 Å². The largest absolute Gasteiger partial charge is 0.456 e. The molecule has 0 bridgehead atoms. The molecule has 0 fully saturated rings. The standard InChI is InChI=1S/C53H45BN2OSSi/c1-30-27-36-37(53(4,5)26-25-52(36,2)3)29-40(30)55-39-24-23-33-31-15-8-11-19-42(31)57-50(33)48(39)54-47-41(55)28-35-32-16-9-12-20-43(32)58-51(35)46(47)34-17-14-22-45-49(34)56(54)38-18-10-13-21-44(38)59(45,6)7/h8-24,27-29H,25-26H2,1-7H3. The van der Waals surface area contributed by atoms with Crippen LogP contribution >= 0.6 is 11.3 Å². The van der Waals surface area contributed by atoms with E-state index in [0.29, 0.717) is 0 Å². The first-order valence-corrected chi connectivity index (χ1v) is 25.2. The zero-order valence-electron chi connectivity index (χ0n) is 34.7. The molecule has 3 aliphatic heterocycles. The summed E-state index contributed by atoms with van der Waals surface area (Å²) in [5.41, 5.74) is 18.2. The number of nitrogens with zero attached hydrogens (tertiary/aromatic N) is 2. The molecular weight excluding hydrogens is 752 g/mol. The minimum Gasteiger partial charge on any atom is -0.456 e. The summed E-state index contributed by atoms with van der Waals surface area (Å²) in [6.45, 7) is 17.1. The van der Waals surface area contributed by atoms with Crippen LogP contribution in [-0.4, -0.2) is 14.9 Å². The van der Waals surface area contributed by atoms with Crippen molar-refractivity contribution in [3.63, 3.8) is 0 Å². The summed E-state index contributed by atoms with van der Waals surface area (Å²) in [6.07, 6.45) is 2.36. The van der Waals surface area contributed by atoms with Crippen LogP contribution in [0.15, 0.2) is 126 Å². The van der Waals surface area contributed by atoms with E-state index in [-0.39, 0.29) is 17.7 Å². The topological polar surface area (TPSA) is 19.6 Å². The predicted octanol–water partition coefficient (Wildman–Crippen LogP) is 12.5. The van der Waals surface area contributed by atoms with Gasteiger partial charge < -0.3 is 14.1 Å². The molecule has 286 valence electrons. The maximum Gasteiger partial charge on any atom is 0.337 e. The number of hydrogen-bond acceptors (Lipinski definition) is 4. The zero-order valence-corrected chi connectivity index (χ0v) is 36.6. The molecule has 5 heterocycles. The lowest BCUT2D eigenvalue weighted by Crippen LogP contribution is -2.68. The van der Waals surface area contributed by atoms with Crippen LogP contribution in [0.4, 0.5) is 28.4 Å². The molecule has 0 N–H and O–H groups in total. The monoisotopic (exact) mass is 796 g/mol. The predicted molar refractivity (Wildman–Crippen MR) is 257 cm³/mol. The van der Waals surface area contributed by atoms with E-state index in [1.54, 1.807) is 0 Å². The van der Waals surface area contributed by atoms with Crippen LogP contribution < -0.4 is 31.0 Å². The van der Waals surface area contributed by atoms with E-state index >= 15 is 0 Å². The van der Waals surface area contributed by atoms with Gasteiger partial charge in [-0.05, 0) is 106 Å². The Labute approximate surface area is 351 Å². The molecule has 0 saturated heterocycles. The number of hydrogen-bond donors (Lipinski definition) is 0. The van der Waals surface area contributed by atoms with Crippen LogP contribution in [0, 0.1) is 6.92 Å². The number of para-hydroxylation sites is 3. The maximum atomic E-state index is 7.18. The van der Waals surface area contributed by atoms with Crippen LogP contribution in [0.25, 0.3) is 53.2 Å². The molecule has 0 amide bonds. The van der Waals surface area contributed by atoms with Gasteiger partial charge in [0.05, 0.1) is 0 Å². The lowest BCUT2D eigenvalue weighted by atomic mass is 9.43. The molecule has 0 radical (unpaired) electrons. The summed E-state index contributed by atoms with van der Waals surface area (Å²) >= 11 is 1.96. The van der Waals surface area contributed by atoms with E-state index in [1.165, 1.54) is 121 Å². The van der Waals surface area contributed by atoms with E-state index < -0.39 is 8.07 Å². The minimum atomic E-state index is -2.10. The molecule has 59 heavy (non-hydrogen) atoms. The molecule has 7 aromatic carbocycles. The highest BCUT2D eigenvalue weighted by molar-refractivity contribution is 7.26. The number of rotatable bonds is 1. The first-order chi connectivity index (χ1) is 28.4. The first-order valence-electron chi connectivity index (χ1n) is 21.3. The van der Waals surface area contributed by atoms with E-state index in [1.807, 2.05) is 11.3 Å². The number of furan rings is 1. The summed E-state index contributed by atoms with van der Waals surface area (Å²) < 4.78 is 9.90. The van der Waals surface area contributed by atoms with Crippen molar-refractivity contribution >= 4 is 118 Å². The summed E-state index contributed by atoms with van der Waals surface area (Å²) in [4.78, 5) is 5.40. The van der Waals surface area contributed by atoms with Gasteiger partial charge in [0.25, 0.3) is 0 Å². The second-order valence-electron chi connectivity index (χ2n) is 19.5. The fraction of sp³-hybridized carbons (Fsp3) is 0.208. The van der Waals surface area contributed by atoms with Gasteiger partial charge in [-0.25, -0.2) is 0 Å². The first kappa shape index (κ1) is 34.3.